The number of aliphatic hydroxyl groups excluding tert-OH is 2. The normalized spacial score (nSPS) is 56.5. The Morgan fingerprint density at radius 2 is 2.00 bits per heavy atom. The second kappa shape index (κ2) is 2.40. The number of hydrogen-bond acceptors (Lipinski definition) is 5. The lowest BCUT2D eigenvalue weighted by atomic mass is 10.1. The second-order valence-corrected chi connectivity index (χ2v) is 2.93. The summed E-state index contributed by atoms with van der Waals surface area (Å²) in [5, 5.41) is 18.1. The zero-order chi connectivity index (χ0) is 8.01. The van der Waals surface area contributed by atoms with Crippen molar-refractivity contribution in [3.8, 4) is 0 Å². The zero-order valence-corrected chi connectivity index (χ0v) is 5.88. The summed E-state index contributed by atoms with van der Waals surface area (Å²) in [7, 11) is 0. The van der Waals surface area contributed by atoms with Crippen LogP contribution in [0, 0.1) is 0 Å². The molecule has 0 aromatic rings. The van der Waals surface area contributed by atoms with Crippen LogP contribution in [-0.2, 0) is 9.47 Å². The van der Waals surface area contributed by atoms with E-state index in [1.54, 1.807) is 0 Å². The Morgan fingerprint density at radius 1 is 1.27 bits per heavy atom. The van der Waals surface area contributed by atoms with Crippen LogP contribution in [0.15, 0.2) is 0 Å². The Bertz CT molecular complexity index is 165. The SMILES string of the molecule is N[C@H]1[C@H]2O[C@H](O)C[C@H]2O[C@H]1O. The third-order valence-electron chi connectivity index (χ3n) is 2.14. The highest BCUT2D eigenvalue weighted by molar-refractivity contribution is 4.94. The maximum atomic E-state index is 9.08. The van der Waals surface area contributed by atoms with E-state index in [0.717, 1.165) is 0 Å². The molecule has 0 unspecified atom stereocenters. The summed E-state index contributed by atoms with van der Waals surface area (Å²) in [4.78, 5) is 0. The van der Waals surface area contributed by atoms with Crippen molar-refractivity contribution in [2.45, 2.75) is 37.3 Å². The maximum absolute atomic E-state index is 9.08. The third kappa shape index (κ3) is 1.05. The molecular weight excluding hydrogens is 150 g/mol. The fraction of sp³-hybridized carbons (Fsp3) is 1.00. The van der Waals surface area contributed by atoms with Gasteiger partial charge in [0.2, 0.25) is 0 Å². The van der Waals surface area contributed by atoms with Gasteiger partial charge in [-0.3, -0.25) is 0 Å². The van der Waals surface area contributed by atoms with E-state index in [2.05, 4.69) is 0 Å². The first kappa shape index (κ1) is 7.45. The van der Waals surface area contributed by atoms with Gasteiger partial charge in [0.1, 0.15) is 6.10 Å². The molecule has 64 valence electrons. The highest BCUT2D eigenvalue weighted by Crippen LogP contribution is 2.31. The van der Waals surface area contributed by atoms with Crippen molar-refractivity contribution < 1.29 is 19.7 Å². The predicted octanol–water partition coefficient (Wildman–Crippen LogP) is -1.86. The molecule has 0 saturated carbocycles. The van der Waals surface area contributed by atoms with Gasteiger partial charge < -0.3 is 25.4 Å². The summed E-state index contributed by atoms with van der Waals surface area (Å²) in [6.07, 6.45) is -1.92. The van der Waals surface area contributed by atoms with Crippen molar-refractivity contribution in [2.24, 2.45) is 5.73 Å². The number of aliphatic hydroxyl groups is 2. The quantitative estimate of drug-likeness (QED) is 0.388. The molecule has 2 heterocycles. The van der Waals surface area contributed by atoms with Crippen molar-refractivity contribution in [1.29, 1.82) is 0 Å². The Morgan fingerprint density at radius 3 is 2.64 bits per heavy atom. The van der Waals surface area contributed by atoms with Gasteiger partial charge in [0, 0.05) is 6.42 Å². The Hall–Kier alpha value is -0.200. The van der Waals surface area contributed by atoms with E-state index in [1.165, 1.54) is 0 Å². The van der Waals surface area contributed by atoms with Gasteiger partial charge in [0.25, 0.3) is 0 Å². The molecular formula is C6H11NO4. The van der Waals surface area contributed by atoms with Gasteiger partial charge in [-0.25, -0.2) is 0 Å². The van der Waals surface area contributed by atoms with Crippen LogP contribution in [-0.4, -0.2) is 41.0 Å². The monoisotopic (exact) mass is 161 g/mol. The van der Waals surface area contributed by atoms with Crippen molar-refractivity contribution in [2.75, 3.05) is 0 Å². The fourth-order valence-electron chi connectivity index (χ4n) is 1.56. The van der Waals surface area contributed by atoms with Gasteiger partial charge in [-0.2, -0.15) is 0 Å². The van der Waals surface area contributed by atoms with E-state index in [1.807, 2.05) is 0 Å². The van der Waals surface area contributed by atoms with Gasteiger partial charge in [0.05, 0.1) is 12.1 Å². The lowest BCUT2D eigenvalue weighted by molar-refractivity contribution is -0.121. The van der Waals surface area contributed by atoms with Crippen molar-refractivity contribution in [1.82, 2.24) is 0 Å². The summed E-state index contributed by atoms with van der Waals surface area (Å²) in [6, 6.07) is -0.530. The minimum Gasteiger partial charge on any atom is -0.368 e. The lowest BCUT2D eigenvalue weighted by Crippen LogP contribution is -2.40. The van der Waals surface area contributed by atoms with Gasteiger partial charge in [-0.05, 0) is 0 Å². The molecule has 2 fully saturated rings. The molecule has 0 aromatic heterocycles. The summed E-state index contributed by atoms with van der Waals surface area (Å²) < 4.78 is 10.0. The molecule has 0 spiro atoms. The summed E-state index contributed by atoms with van der Waals surface area (Å²) in [6.45, 7) is 0. The molecule has 11 heavy (non-hydrogen) atoms. The van der Waals surface area contributed by atoms with Crippen LogP contribution in [0.1, 0.15) is 6.42 Å². The van der Waals surface area contributed by atoms with Gasteiger partial charge in [0.15, 0.2) is 12.6 Å². The summed E-state index contributed by atoms with van der Waals surface area (Å²) in [5.74, 6) is 0. The van der Waals surface area contributed by atoms with Crippen LogP contribution < -0.4 is 5.73 Å². The van der Waals surface area contributed by atoms with Crippen LogP contribution in [0.25, 0.3) is 0 Å². The van der Waals surface area contributed by atoms with Crippen LogP contribution >= 0.6 is 0 Å². The van der Waals surface area contributed by atoms with Crippen LogP contribution in [0.3, 0.4) is 0 Å². The molecule has 5 heteroatoms. The number of nitrogens with two attached hydrogens (primary N) is 1. The molecule has 2 saturated heterocycles. The van der Waals surface area contributed by atoms with Crippen LogP contribution in [0.4, 0.5) is 0 Å². The van der Waals surface area contributed by atoms with Crippen molar-refractivity contribution in [3.05, 3.63) is 0 Å². The molecule has 0 aromatic carbocycles. The smallest absolute Gasteiger partial charge is 0.172 e. The maximum Gasteiger partial charge on any atom is 0.172 e. The average molecular weight is 161 g/mol. The minimum absolute atomic E-state index is 0.241. The minimum atomic E-state index is -0.947. The summed E-state index contributed by atoms with van der Waals surface area (Å²) >= 11 is 0. The Kier molecular flexibility index (Phi) is 1.62. The molecule has 0 aliphatic carbocycles. The standard InChI is InChI=1S/C6H11NO4/c7-4-5-2(10-6(4)9)1-3(8)11-5/h2-6,8-9H,1,7H2/t2-,3+,4+,5+,6-/m1/s1. The number of rotatable bonds is 0. The number of fused-ring (bicyclic) bond motifs is 1. The molecule has 2 rings (SSSR count). The van der Waals surface area contributed by atoms with Crippen molar-refractivity contribution >= 4 is 0 Å². The Labute approximate surface area is 63.7 Å². The van der Waals surface area contributed by atoms with E-state index in [4.69, 9.17) is 25.4 Å². The highest BCUT2D eigenvalue weighted by Gasteiger charge is 2.48. The third-order valence-corrected chi connectivity index (χ3v) is 2.14. The molecule has 5 atom stereocenters. The van der Waals surface area contributed by atoms with Gasteiger partial charge >= 0.3 is 0 Å². The number of hydrogen-bond donors (Lipinski definition) is 3. The molecule has 2 aliphatic rings. The fourth-order valence-corrected chi connectivity index (χ4v) is 1.56. The van der Waals surface area contributed by atoms with E-state index in [-0.39, 0.29) is 12.2 Å². The molecule has 0 amide bonds. The number of ether oxygens (including phenoxy) is 2. The Balaban J connectivity index is 2.07. The van der Waals surface area contributed by atoms with Gasteiger partial charge in [-0.1, -0.05) is 0 Å². The first-order valence-corrected chi connectivity index (χ1v) is 3.61. The molecule has 4 N–H and O–H groups in total. The summed E-state index contributed by atoms with van der Waals surface area (Å²) in [5.41, 5.74) is 5.51. The first-order chi connectivity index (χ1) is 5.18. The van der Waals surface area contributed by atoms with Crippen molar-refractivity contribution in [3.63, 3.8) is 0 Å². The predicted molar refractivity (Wildman–Crippen MR) is 34.4 cm³/mol. The molecule has 2 aliphatic heterocycles. The van der Waals surface area contributed by atoms with E-state index in [0.29, 0.717) is 6.42 Å². The molecule has 5 nitrogen and oxygen atoms in total. The topological polar surface area (TPSA) is 84.9 Å². The van der Waals surface area contributed by atoms with Crippen LogP contribution in [0.2, 0.25) is 0 Å². The zero-order valence-electron chi connectivity index (χ0n) is 5.88. The van der Waals surface area contributed by atoms with E-state index in [9.17, 15) is 0 Å². The first-order valence-electron chi connectivity index (χ1n) is 3.61. The van der Waals surface area contributed by atoms with E-state index >= 15 is 0 Å². The largest absolute Gasteiger partial charge is 0.368 e. The second-order valence-electron chi connectivity index (χ2n) is 2.93. The molecule has 0 radical (unpaired) electrons. The van der Waals surface area contributed by atoms with E-state index < -0.39 is 18.6 Å². The van der Waals surface area contributed by atoms with Gasteiger partial charge in [-0.15, -0.1) is 0 Å². The lowest BCUT2D eigenvalue weighted by Gasteiger charge is -2.13. The average Bonchev–Trinajstić information content (AvgIpc) is 2.37. The molecule has 0 bridgehead atoms. The van der Waals surface area contributed by atoms with Crippen LogP contribution in [0.5, 0.6) is 0 Å². The highest BCUT2D eigenvalue weighted by atomic mass is 16.7.